The van der Waals surface area contributed by atoms with E-state index in [1.54, 1.807) is 13.3 Å². The molecule has 1 aromatic rings. The van der Waals surface area contributed by atoms with Gasteiger partial charge in [0.1, 0.15) is 6.10 Å². The van der Waals surface area contributed by atoms with Crippen LogP contribution in [-0.4, -0.2) is 44.0 Å². The SMILES string of the molecule is COCC(O[Si](C)(C)C(C)(C)C)C(=O)Nc1cnc(C)cn1. The molecule has 1 heterocycles. The fourth-order valence-corrected chi connectivity index (χ4v) is 2.75. The molecule has 0 spiro atoms. The second-order valence-corrected chi connectivity index (χ2v) is 11.6. The van der Waals surface area contributed by atoms with Gasteiger partial charge in [0, 0.05) is 7.11 Å². The number of anilines is 1. The van der Waals surface area contributed by atoms with Gasteiger partial charge >= 0.3 is 0 Å². The molecule has 1 atom stereocenters. The van der Waals surface area contributed by atoms with E-state index in [9.17, 15) is 4.79 Å². The molecule has 0 fully saturated rings. The molecular weight excluding hydrogens is 298 g/mol. The second-order valence-electron chi connectivity index (χ2n) is 6.85. The Morgan fingerprint density at radius 1 is 1.32 bits per heavy atom. The Morgan fingerprint density at radius 2 is 1.95 bits per heavy atom. The van der Waals surface area contributed by atoms with Gasteiger partial charge in [-0.25, -0.2) is 4.98 Å². The van der Waals surface area contributed by atoms with Crippen molar-refractivity contribution in [1.82, 2.24) is 9.97 Å². The molecule has 1 aromatic heterocycles. The van der Waals surface area contributed by atoms with Gasteiger partial charge in [-0.05, 0) is 25.1 Å². The molecule has 22 heavy (non-hydrogen) atoms. The van der Waals surface area contributed by atoms with Crippen molar-refractivity contribution >= 4 is 20.0 Å². The maximum atomic E-state index is 12.4. The topological polar surface area (TPSA) is 73.3 Å². The van der Waals surface area contributed by atoms with Crippen LogP contribution in [0.1, 0.15) is 26.5 Å². The molecule has 0 aliphatic heterocycles. The monoisotopic (exact) mass is 325 g/mol. The first kappa shape index (κ1) is 18.7. The number of carbonyl (C=O) groups excluding carboxylic acids is 1. The molecule has 0 bridgehead atoms. The molecule has 1 amide bonds. The molecule has 0 saturated carbocycles. The highest BCUT2D eigenvalue weighted by Gasteiger charge is 2.40. The number of nitrogens with zero attached hydrogens (tertiary/aromatic N) is 2. The Morgan fingerprint density at radius 3 is 2.41 bits per heavy atom. The molecule has 0 aliphatic rings. The second kappa shape index (κ2) is 7.30. The van der Waals surface area contributed by atoms with Gasteiger partial charge < -0.3 is 14.5 Å². The van der Waals surface area contributed by atoms with Gasteiger partial charge in [-0.2, -0.15) is 0 Å². The lowest BCUT2D eigenvalue weighted by Gasteiger charge is -2.38. The zero-order valence-electron chi connectivity index (χ0n) is 14.6. The zero-order chi connectivity index (χ0) is 17.0. The quantitative estimate of drug-likeness (QED) is 0.814. The van der Waals surface area contributed by atoms with Crippen molar-refractivity contribution in [1.29, 1.82) is 0 Å². The van der Waals surface area contributed by atoms with Crippen LogP contribution in [0.2, 0.25) is 18.1 Å². The van der Waals surface area contributed by atoms with Crippen LogP contribution in [0.5, 0.6) is 0 Å². The molecule has 124 valence electrons. The summed E-state index contributed by atoms with van der Waals surface area (Å²) in [5.74, 6) is 0.153. The molecule has 1 rings (SSSR count). The Balaban J connectivity index is 2.81. The first-order valence-electron chi connectivity index (χ1n) is 7.33. The van der Waals surface area contributed by atoms with Gasteiger partial charge in [-0.15, -0.1) is 0 Å². The van der Waals surface area contributed by atoms with E-state index in [4.69, 9.17) is 9.16 Å². The molecule has 1 N–H and O–H groups in total. The van der Waals surface area contributed by atoms with Gasteiger partial charge in [0.25, 0.3) is 5.91 Å². The third-order valence-electron chi connectivity index (χ3n) is 3.89. The van der Waals surface area contributed by atoms with E-state index in [0.717, 1.165) is 5.69 Å². The summed E-state index contributed by atoms with van der Waals surface area (Å²) in [5, 5.41) is 2.75. The van der Waals surface area contributed by atoms with Gasteiger partial charge in [-0.3, -0.25) is 9.78 Å². The number of aromatic nitrogens is 2. The van der Waals surface area contributed by atoms with Crippen molar-refractivity contribution in [3.8, 4) is 0 Å². The Bertz CT molecular complexity index is 498. The minimum atomic E-state index is -2.07. The standard InChI is InChI=1S/C15H27N3O3Si/c1-11-8-17-13(9-16-11)18-14(19)12(10-20-5)21-22(6,7)15(2,3)4/h8-9,12H,10H2,1-7H3,(H,17,18,19). The summed E-state index contributed by atoms with van der Waals surface area (Å²) < 4.78 is 11.3. The molecule has 6 nitrogen and oxygen atoms in total. The number of ether oxygens (including phenoxy) is 1. The van der Waals surface area contributed by atoms with E-state index in [-0.39, 0.29) is 17.6 Å². The summed E-state index contributed by atoms with van der Waals surface area (Å²) in [6, 6.07) is 0. The van der Waals surface area contributed by atoms with Crippen LogP contribution >= 0.6 is 0 Å². The number of nitrogens with one attached hydrogen (secondary N) is 1. The van der Waals surface area contributed by atoms with Crippen LogP contribution < -0.4 is 5.32 Å². The van der Waals surface area contributed by atoms with Crippen LogP contribution in [0.3, 0.4) is 0 Å². The van der Waals surface area contributed by atoms with Crippen LogP contribution in [-0.2, 0) is 14.0 Å². The summed E-state index contributed by atoms with van der Waals surface area (Å²) in [5.41, 5.74) is 0.795. The van der Waals surface area contributed by atoms with Crippen molar-refractivity contribution in [2.75, 3.05) is 19.0 Å². The highest BCUT2D eigenvalue weighted by molar-refractivity contribution is 6.74. The molecule has 0 aliphatic carbocycles. The first-order chi connectivity index (χ1) is 10.1. The third-order valence-corrected chi connectivity index (χ3v) is 8.37. The van der Waals surface area contributed by atoms with Gasteiger partial charge in [0.15, 0.2) is 14.1 Å². The number of methoxy groups -OCH3 is 1. The first-order valence-corrected chi connectivity index (χ1v) is 10.2. The van der Waals surface area contributed by atoms with Crippen LogP contribution in [0.4, 0.5) is 5.82 Å². The number of aryl methyl sites for hydroxylation is 1. The minimum absolute atomic E-state index is 0.0168. The van der Waals surface area contributed by atoms with Crippen molar-refractivity contribution < 1.29 is 14.0 Å². The number of hydrogen-bond acceptors (Lipinski definition) is 5. The number of hydrogen-bond donors (Lipinski definition) is 1. The number of rotatable bonds is 6. The maximum Gasteiger partial charge on any atom is 0.255 e. The maximum absolute atomic E-state index is 12.4. The van der Waals surface area contributed by atoms with Crippen LogP contribution in [0.25, 0.3) is 0 Å². The van der Waals surface area contributed by atoms with Crippen molar-refractivity contribution in [3.05, 3.63) is 18.1 Å². The molecule has 0 radical (unpaired) electrons. The van der Waals surface area contributed by atoms with E-state index in [2.05, 4.69) is 49.1 Å². The smallest absolute Gasteiger partial charge is 0.255 e. The van der Waals surface area contributed by atoms with E-state index < -0.39 is 14.4 Å². The highest BCUT2D eigenvalue weighted by atomic mass is 28.4. The minimum Gasteiger partial charge on any atom is -0.403 e. The Labute approximate surface area is 133 Å². The fourth-order valence-electron chi connectivity index (χ4n) is 1.51. The number of amides is 1. The Hall–Kier alpha value is -1.31. The van der Waals surface area contributed by atoms with Crippen LogP contribution in [0.15, 0.2) is 12.4 Å². The normalized spacial score (nSPS) is 13.8. The lowest BCUT2D eigenvalue weighted by Crippen LogP contribution is -2.48. The largest absolute Gasteiger partial charge is 0.403 e. The summed E-state index contributed by atoms with van der Waals surface area (Å²) >= 11 is 0. The lowest BCUT2D eigenvalue weighted by atomic mass is 10.2. The molecule has 1 unspecified atom stereocenters. The van der Waals surface area contributed by atoms with Gasteiger partial charge in [0.05, 0.1) is 24.7 Å². The summed E-state index contributed by atoms with van der Waals surface area (Å²) in [4.78, 5) is 20.7. The molecular formula is C15H27N3O3Si. The van der Waals surface area contributed by atoms with Crippen LogP contribution in [0, 0.1) is 6.92 Å². The van der Waals surface area contributed by atoms with Crippen molar-refractivity contribution in [3.63, 3.8) is 0 Å². The molecule has 0 saturated heterocycles. The van der Waals surface area contributed by atoms with E-state index in [0.29, 0.717) is 5.82 Å². The number of carbonyl (C=O) groups is 1. The fraction of sp³-hybridized carbons (Fsp3) is 0.667. The van der Waals surface area contributed by atoms with Crippen molar-refractivity contribution in [2.45, 2.75) is 51.9 Å². The van der Waals surface area contributed by atoms with E-state index in [1.807, 2.05) is 6.92 Å². The summed E-state index contributed by atoms with van der Waals surface area (Å²) in [6.07, 6.45) is 2.48. The van der Waals surface area contributed by atoms with E-state index >= 15 is 0 Å². The molecule has 7 heteroatoms. The zero-order valence-corrected chi connectivity index (χ0v) is 15.6. The summed E-state index contributed by atoms with van der Waals surface area (Å²) in [6.45, 7) is 12.7. The summed E-state index contributed by atoms with van der Waals surface area (Å²) in [7, 11) is -0.514. The lowest BCUT2D eigenvalue weighted by molar-refractivity contribution is -0.125. The van der Waals surface area contributed by atoms with Crippen molar-refractivity contribution in [2.24, 2.45) is 0 Å². The molecule has 0 aromatic carbocycles. The third kappa shape index (κ3) is 5.15. The van der Waals surface area contributed by atoms with E-state index in [1.165, 1.54) is 6.20 Å². The van der Waals surface area contributed by atoms with Gasteiger partial charge in [-0.1, -0.05) is 20.8 Å². The Kier molecular flexibility index (Phi) is 6.22. The van der Waals surface area contributed by atoms with Gasteiger partial charge in [0.2, 0.25) is 0 Å². The predicted octanol–water partition coefficient (Wildman–Crippen LogP) is 2.76. The average molecular weight is 325 g/mol. The highest BCUT2D eigenvalue weighted by Crippen LogP contribution is 2.37. The average Bonchev–Trinajstić information content (AvgIpc) is 2.39. The predicted molar refractivity (Wildman–Crippen MR) is 89.3 cm³/mol.